The van der Waals surface area contributed by atoms with E-state index < -0.39 is 71.1 Å². The molecule has 1 aliphatic heterocycles. The Morgan fingerprint density at radius 2 is 1.44 bits per heavy atom. The average molecular weight is 950 g/mol. The molecule has 17 nitrogen and oxygen atoms in total. The van der Waals surface area contributed by atoms with E-state index in [-0.39, 0.29) is 41.9 Å². The van der Waals surface area contributed by atoms with Gasteiger partial charge in [0.1, 0.15) is 16.8 Å². The summed E-state index contributed by atoms with van der Waals surface area (Å²) in [5.41, 5.74) is -1.60. The van der Waals surface area contributed by atoms with Gasteiger partial charge in [-0.1, -0.05) is 61.5 Å². The van der Waals surface area contributed by atoms with Gasteiger partial charge in [-0.2, -0.15) is 14.9 Å². The van der Waals surface area contributed by atoms with Gasteiger partial charge in [0.15, 0.2) is 29.3 Å². The highest BCUT2D eigenvalue weighted by molar-refractivity contribution is 7.09. The minimum atomic E-state index is -1.73. The van der Waals surface area contributed by atoms with Crippen LogP contribution in [0.2, 0.25) is 5.28 Å². The van der Waals surface area contributed by atoms with Crippen LogP contribution in [0.3, 0.4) is 0 Å². The molecule has 4 heterocycles. The van der Waals surface area contributed by atoms with Crippen molar-refractivity contribution in [3.05, 3.63) is 87.9 Å². The summed E-state index contributed by atoms with van der Waals surface area (Å²) in [6.07, 6.45) is -4.97. The van der Waals surface area contributed by atoms with Crippen LogP contribution in [0.1, 0.15) is 98.7 Å². The Morgan fingerprint density at radius 1 is 0.833 bits per heavy atom. The molecule has 66 heavy (non-hydrogen) atoms. The topological polar surface area (TPSA) is 193 Å². The summed E-state index contributed by atoms with van der Waals surface area (Å²) in [5, 5.41) is 2.11. The average Bonchev–Trinajstić information content (AvgIpc) is 3.92. The zero-order valence-corrected chi connectivity index (χ0v) is 40.8. The first-order chi connectivity index (χ1) is 30.9. The first kappa shape index (κ1) is 49.7. The quantitative estimate of drug-likeness (QED) is 0.0651. The Kier molecular flexibility index (Phi) is 14.8. The van der Waals surface area contributed by atoms with Gasteiger partial charge < -0.3 is 33.2 Å². The number of thiazole rings is 1. The molecule has 2 aromatic carbocycles. The third-order valence-corrected chi connectivity index (χ3v) is 10.9. The van der Waals surface area contributed by atoms with Gasteiger partial charge in [0, 0.05) is 17.7 Å². The zero-order chi connectivity index (χ0) is 48.4. The molecule has 5 atom stereocenters. The van der Waals surface area contributed by atoms with Crippen molar-refractivity contribution < 1.29 is 52.3 Å². The van der Waals surface area contributed by atoms with E-state index >= 15 is 0 Å². The van der Waals surface area contributed by atoms with Gasteiger partial charge in [0.2, 0.25) is 10.9 Å². The summed E-state index contributed by atoms with van der Waals surface area (Å²) in [6.45, 7) is 20.1. The second kappa shape index (κ2) is 19.6. The van der Waals surface area contributed by atoms with Gasteiger partial charge in [-0.05, 0) is 104 Å². The number of aryl methyl sites for hydroxylation is 1. The smallest absolute Gasteiger partial charge is 0.464 e. The fourth-order valence-electron chi connectivity index (χ4n) is 7.10. The Labute approximate surface area is 393 Å². The summed E-state index contributed by atoms with van der Waals surface area (Å²) in [5.74, 6) is -1.62. The highest BCUT2D eigenvalue weighted by Crippen LogP contribution is 2.42. The SMILES string of the molecule is CCOC(=O)C(Cc1ccc(-c2ccccc2)cc1)(OC[C@H]1O[C@@H](n2cnc3c(N(C(=O)OC(C)(C)C)C(=O)OC(C)(C)C)nc(Cl)nc32)[C@H](OC(=O)OC(C)(C)C)[C@@H]1C)c1csc(C)n1. The second-order valence-corrected chi connectivity index (χ2v) is 20.2. The number of esters is 1. The number of amides is 2. The maximum absolute atomic E-state index is 14.3. The van der Waals surface area contributed by atoms with E-state index in [2.05, 4.69) is 15.0 Å². The lowest BCUT2D eigenvalue weighted by Gasteiger charge is -2.32. The van der Waals surface area contributed by atoms with Gasteiger partial charge in [-0.25, -0.2) is 29.1 Å². The van der Waals surface area contributed by atoms with Crippen molar-refractivity contribution in [1.82, 2.24) is 24.5 Å². The van der Waals surface area contributed by atoms with Crippen LogP contribution < -0.4 is 4.90 Å². The Hall–Kier alpha value is -5.69. The Morgan fingerprint density at radius 3 is 2.00 bits per heavy atom. The summed E-state index contributed by atoms with van der Waals surface area (Å²) in [7, 11) is 0. The minimum absolute atomic E-state index is 0.00329. The molecule has 0 N–H and O–H groups in total. The fraction of sp³-hybridized carbons (Fsp3) is 0.489. The van der Waals surface area contributed by atoms with E-state index in [1.807, 2.05) is 61.5 Å². The van der Waals surface area contributed by atoms with Crippen molar-refractivity contribution in [2.45, 2.75) is 130 Å². The predicted octanol–water partition coefficient (Wildman–Crippen LogP) is 10.2. The maximum Gasteiger partial charge on any atom is 0.509 e. The van der Waals surface area contributed by atoms with Gasteiger partial charge >= 0.3 is 24.3 Å². The molecule has 1 saturated heterocycles. The van der Waals surface area contributed by atoms with Crippen LogP contribution in [0.5, 0.6) is 0 Å². The van der Waals surface area contributed by atoms with E-state index in [4.69, 9.17) is 49.7 Å². The third-order valence-electron chi connectivity index (χ3n) is 9.98. The number of rotatable bonds is 12. The molecular weight excluding hydrogens is 892 g/mol. The maximum atomic E-state index is 14.3. The van der Waals surface area contributed by atoms with Crippen molar-refractivity contribution in [2.75, 3.05) is 18.1 Å². The number of anilines is 1. The molecule has 1 aliphatic rings. The number of carbonyl (C=O) groups excluding carboxylic acids is 4. The van der Waals surface area contributed by atoms with Crippen molar-refractivity contribution in [2.24, 2.45) is 5.92 Å². The number of hydrogen-bond acceptors (Lipinski definition) is 16. The number of nitrogens with zero attached hydrogens (tertiary/aromatic N) is 6. The van der Waals surface area contributed by atoms with Crippen LogP contribution >= 0.6 is 22.9 Å². The molecule has 0 saturated carbocycles. The molecule has 6 rings (SSSR count). The summed E-state index contributed by atoms with van der Waals surface area (Å²) in [6, 6.07) is 17.8. The van der Waals surface area contributed by atoms with Crippen LogP contribution in [0.4, 0.5) is 20.2 Å². The minimum Gasteiger partial charge on any atom is -0.464 e. The number of carbonyl (C=O) groups is 4. The lowest BCUT2D eigenvalue weighted by Crippen LogP contribution is -2.45. The number of ether oxygens (including phenoxy) is 7. The largest absolute Gasteiger partial charge is 0.509 e. The van der Waals surface area contributed by atoms with E-state index in [9.17, 15) is 19.2 Å². The van der Waals surface area contributed by atoms with Crippen LogP contribution in [-0.2, 0) is 50.0 Å². The number of aromatic nitrogens is 5. The van der Waals surface area contributed by atoms with Crippen molar-refractivity contribution >= 4 is 64.2 Å². The molecule has 5 aromatic rings. The van der Waals surface area contributed by atoms with Crippen molar-refractivity contribution in [1.29, 1.82) is 0 Å². The first-order valence-electron chi connectivity index (χ1n) is 21.5. The highest BCUT2D eigenvalue weighted by atomic mass is 35.5. The summed E-state index contributed by atoms with van der Waals surface area (Å²) >= 11 is 7.91. The van der Waals surface area contributed by atoms with Crippen LogP contribution in [0, 0.1) is 12.8 Å². The van der Waals surface area contributed by atoms with Crippen LogP contribution in [-0.4, -0.2) is 91.0 Å². The van der Waals surface area contributed by atoms with Crippen LogP contribution in [0.15, 0.2) is 66.3 Å². The standard InChI is InChI=1S/C47H57ClN6O11S/c1-13-59-39(55)47(33-25-66-28(3)50-33,23-29-19-21-31(22-20-29)30-17-15-14-16-18-30)60-24-32-27(2)35(62-43(58)65-46(10,11)12)38(61-32)53-26-49-34-36(53)51-40(48)52-37(34)54(41(56)63-44(4,5)6)42(57)64-45(7,8)9/h14-22,25-27,32,35,38H,13,23-24H2,1-12H3/t27-,32-,35-,38-,47?/m1/s1. The zero-order valence-electron chi connectivity index (χ0n) is 39.2. The number of fused-ring (bicyclic) bond motifs is 1. The normalized spacial score (nSPS) is 18.6. The molecule has 0 bridgehead atoms. The van der Waals surface area contributed by atoms with Gasteiger partial charge in [0.25, 0.3) is 0 Å². The molecule has 3 aromatic heterocycles. The highest BCUT2D eigenvalue weighted by Gasteiger charge is 2.51. The third kappa shape index (κ3) is 11.8. The van der Waals surface area contributed by atoms with Crippen molar-refractivity contribution in [3.63, 3.8) is 0 Å². The lowest BCUT2D eigenvalue weighted by molar-refractivity contribution is -0.181. The molecule has 0 radical (unpaired) electrons. The molecule has 19 heteroatoms. The van der Waals surface area contributed by atoms with E-state index in [0.29, 0.717) is 15.6 Å². The van der Waals surface area contributed by atoms with Gasteiger partial charge in [-0.15, -0.1) is 11.3 Å². The van der Waals surface area contributed by atoms with E-state index in [1.54, 1.807) is 81.5 Å². The molecule has 2 amide bonds. The van der Waals surface area contributed by atoms with E-state index in [0.717, 1.165) is 16.7 Å². The lowest BCUT2D eigenvalue weighted by atomic mass is 9.90. The van der Waals surface area contributed by atoms with Crippen LogP contribution in [0.25, 0.3) is 22.3 Å². The molecule has 1 fully saturated rings. The summed E-state index contributed by atoms with van der Waals surface area (Å²) in [4.78, 5) is 73.8. The first-order valence-corrected chi connectivity index (χ1v) is 22.7. The van der Waals surface area contributed by atoms with E-state index in [1.165, 1.54) is 22.2 Å². The number of hydrogen-bond donors (Lipinski definition) is 0. The van der Waals surface area contributed by atoms with Crippen molar-refractivity contribution in [3.8, 4) is 11.1 Å². The molecule has 0 aliphatic carbocycles. The monoisotopic (exact) mass is 948 g/mol. The van der Waals surface area contributed by atoms with Gasteiger partial charge in [-0.3, -0.25) is 4.57 Å². The molecule has 354 valence electrons. The number of benzene rings is 2. The second-order valence-electron chi connectivity index (χ2n) is 18.8. The number of imide groups is 1. The Bertz CT molecular complexity index is 2500. The predicted molar refractivity (Wildman–Crippen MR) is 246 cm³/mol. The van der Waals surface area contributed by atoms with Gasteiger partial charge in [0.05, 0.1) is 36.3 Å². The fourth-order valence-corrected chi connectivity index (χ4v) is 7.94. The Balaban J connectivity index is 1.40. The molecule has 0 spiro atoms. The number of halogens is 1. The molecular formula is C47H57ClN6O11S. The molecule has 1 unspecified atom stereocenters. The summed E-state index contributed by atoms with van der Waals surface area (Å²) < 4.78 is 43.5. The number of imidazole rings is 1.